The summed E-state index contributed by atoms with van der Waals surface area (Å²) in [6.45, 7) is 10.2. The predicted octanol–water partition coefficient (Wildman–Crippen LogP) is 2.51. The minimum atomic E-state index is 0.0644. The first-order valence-corrected chi connectivity index (χ1v) is 11.1. The minimum absolute atomic E-state index is 0.0644. The Morgan fingerprint density at radius 3 is 2.53 bits per heavy atom. The number of nitrogens with zero attached hydrogens (tertiary/aromatic N) is 4. The molecule has 0 atom stereocenters. The molecule has 4 rings (SSSR count). The smallest absolute Gasteiger partial charge is 0.194 e. The molecule has 0 saturated carbocycles. The molecule has 1 aromatic heterocycles. The van der Waals surface area contributed by atoms with E-state index in [1.165, 1.54) is 5.56 Å². The van der Waals surface area contributed by atoms with E-state index in [-0.39, 0.29) is 5.41 Å². The highest BCUT2D eigenvalue weighted by Crippen LogP contribution is 2.35. The molecule has 3 heterocycles. The largest absolute Gasteiger partial charge is 0.381 e. The topological polar surface area (TPSA) is 66.1 Å². The Bertz CT molecular complexity index is 779. The number of nitrogens with one attached hydrogen (secondary N) is 1. The standard InChI is InChI=1S/C23H33N5O2/c1-2-24-22(28-13-11-27(12-14-28)18-21-8-15-30-26-21)25-19-23(9-16-29-17-10-23)20-6-4-3-5-7-20/h3-8,15H,2,9-14,16-19H2,1H3,(H,24,25). The number of aromatic nitrogens is 1. The Morgan fingerprint density at radius 1 is 1.10 bits per heavy atom. The number of piperazine rings is 1. The van der Waals surface area contributed by atoms with Crippen LogP contribution in [0, 0.1) is 0 Å². The van der Waals surface area contributed by atoms with Gasteiger partial charge in [0.15, 0.2) is 5.96 Å². The molecule has 0 radical (unpaired) electrons. The molecule has 1 N–H and O–H groups in total. The van der Waals surface area contributed by atoms with Gasteiger partial charge in [-0.2, -0.15) is 0 Å². The van der Waals surface area contributed by atoms with Crippen molar-refractivity contribution in [2.45, 2.75) is 31.7 Å². The zero-order chi connectivity index (χ0) is 20.7. The number of aliphatic imine (C=N–C) groups is 1. The van der Waals surface area contributed by atoms with Crippen LogP contribution in [0.5, 0.6) is 0 Å². The van der Waals surface area contributed by atoms with Crippen molar-refractivity contribution in [3.8, 4) is 0 Å². The SMILES string of the molecule is CCNC(=NCC1(c2ccccc2)CCOCC1)N1CCN(Cc2ccon2)CC1. The van der Waals surface area contributed by atoms with Crippen LogP contribution in [-0.2, 0) is 16.7 Å². The molecule has 2 aliphatic heterocycles. The van der Waals surface area contributed by atoms with Crippen LogP contribution in [0.2, 0.25) is 0 Å². The molecule has 0 spiro atoms. The van der Waals surface area contributed by atoms with Crippen LogP contribution < -0.4 is 5.32 Å². The van der Waals surface area contributed by atoms with Gasteiger partial charge >= 0.3 is 0 Å². The summed E-state index contributed by atoms with van der Waals surface area (Å²) in [5.41, 5.74) is 2.44. The maximum Gasteiger partial charge on any atom is 0.194 e. The molecule has 7 heteroatoms. The molecule has 7 nitrogen and oxygen atoms in total. The van der Waals surface area contributed by atoms with Gasteiger partial charge in [-0.15, -0.1) is 0 Å². The Morgan fingerprint density at radius 2 is 1.87 bits per heavy atom. The quantitative estimate of drug-likeness (QED) is 0.582. The van der Waals surface area contributed by atoms with E-state index in [4.69, 9.17) is 14.3 Å². The number of benzene rings is 1. The van der Waals surface area contributed by atoms with Gasteiger partial charge in [-0.1, -0.05) is 35.5 Å². The lowest BCUT2D eigenvalue weighted by Crippen LogP contribution is -2.52. The summed E-state index contributed by atoms with van der Waals surface area (Å²) >= 11 is 0. The van der Waals surface area contributed by atoms with Gasteiger partial charge in [-0.05, 0) is 25.3 Å². The van der Waals surface area contributed by atoms with Crippen molar-refractivity contribution < 1.29 is 9.26 Å². The van der Waals surface area contributed by atoms with E-state index in [1.807, 2.05) is 6.07 Å². The third-order valence-corrected chi connectivity index (χ3v) is 6.25. The maximum absolute atomic E-state index is 5.68. The average Bonchev–Trinajstić information content (AvgIpc) is 3.32. The van der Waals surface area contributed by atoms with Gasteiger partial charge in [0, 0.05) is 64.0 Å². The second-order valence-corrected chi connectivity index (χ2v) is 8.18. The van der Waals surface area contributed by atoms with Crippen LogP contribution in [0.3, 0.4) is 0 Å². The van der Waals surface area contributed by atoms with Crippen molar-refractivity contribution in [3.63, 3.8) is 0 Å². The summed E-state index contributed by atoms with van der Waals surface area (Å²) in [5, 5.41) is 7.55. The highest BCUT2D eigenvalue weighted by molar-refractivity contribution is 5.80. The zero-order valence-corrected chi connectivity index (χ0v) is 17.9. The van der Waals surface area contributed by atoms with Crippen LogP contribution in [0.25, 0.3) is 0 Å². The summed E-state index contributed by atoms with van der Waals surface area (Å²) in [5.74, 6) is 1.03. The lowest BCUT2D eigenvalue weighted by Gasteiger charge is -2.39. The van der Waals surface area contributed by atoms with Gasteiger partial charge in [0.1, 0.15) is 6.26 Å². The first kappa shape index (κ1) is 20.9. The molecule has 0 aliphatic carbocycles. The molecule has 2 saturated heterocycles. The molecule has 30 heavy (non-hydrogen) atoms. The number of hydrogen-bond donors (Lipinski definition) is 1. The first-order valence-electron chi connectivity index (χ1n) is 11.1. The summed E-state index contributed by atoms with van der Waals surface area (Å²) in [7, 11) is 0. The van der Waals surface area contributed by atoms with E-state index < -0.39 is 0 Å². The van der Waals surface area contributed by atoms with E-state index in [2.05, 4.69) is 57.5 Å². The van der Waals surface area contributed by atoms with Crippen molar-refractivity contribution >= 4 is 5.96 Å². The number of rotatable bonds is 6. The van der Waals surface area contributed by atoms with Crippen LogP contribution in [0.1, 0.15) is 31.0 Å². The van der Waals surface area contributed by atoms with Crippen molar-refractivity contribution in [1.82, 2.24) is 20.3 Å². The Hall–Kier alpha value is -2.38. The van der Waals surface area contributed by atoms with Crippen molar-refractivity contribution in [1.29, 1.82) is 0 Å². The van der Waals surface area contributed by atoms with E-state index in [0.717, 1.165) is 83.5 Å². The summed E-state index contributed by atoms with van der Waals surface area (Å²) in [4.78, 5) is 9.95. The molecule has 2 aromatic rings. The van der Waals surface area contributed by atoms with Gasteiger partial charge in [0.25, 0.3) is 0 Å². The van der Waals surface area contributed by atoms with E-state index in [1.54, 1.807) is 6.26 Å². The first-order chi connectivity index (χ1) is 14.8. The van der Waals surface area contributed by atoms with E-state index >= 15 is 0 Å². The maximum atomic E-state index is 5.68. The average molecular weight is 412 g/mol. The van der Waals surface area contributed by atoms with Crippen LogP contribution >= 0.6 is 0 Å². The van der Waals surface area contributed by atoms with Gasteiger partial charge in [-0.3, -0.25) is 9.89 Å². The lowest BCUT2D eigenvalue weighted by atomic mass is 9.74. The highest BCUT2D eigenvalue weighted by Gasteiger charge is 2.34. The second kappa shape index (κ2) is 10.1. The fourth-order valence-electron chi connectivity index (χ4n) is 4.41. The van der Waals surface area contributed by atoms with Gasteiger partial charge in [0.05, 0.1) is 12.2 Å². The fourth-order valence-corrected chi connectivity index (χ4v) is 4.41. The molecule has 0 bridgehead atoms. The number of guanidine groups is 1. The summed E-state index contributed by atoms with van der Waals surface area (Å²) in [6, 6.07) is 12.8. The van der Waals surface area contributed by atoms with Crippen LogP contribution in [0.4, 0.5) is 0 Å². The lowest BCUT2D eigenvalue weighted by molar-refractivity contribution is 0.0529. The monoisotopic (exact) mass is 411 g/mol. The highest BCUT2D eigenvalue weighted by atomic mass is 16.5. The van der Waals surface area contributed by atoms with Gasteiger partial charge in [0.2, 0.25) is 0 Å². The van der Waals surface area contributed by atoms with Gasteiger partial charge < -0.3 is 19.5 Å². The Labute approximate surface area is 179 Å². The molecule has 2 aliphatic rings. The molecule has 162 valence electrons. The third kappa shape index (κ3) is 5.02. The molecule has 2 fully saturated rings. The van der Waals surface area contributed by atoms with Crippen molar-refractivity contribution in [3.05, 3.63) is 53.9 Å². The molecule has 0 amide bonds. The molecular formula is C23H33N5O2. The molecule has 0 unspecified atom stereocenters. The Balaban J connectivity index is 1.43. The number of hydrogen-bond acceptors (Lipinski definition) is 5. The second-order valence-electron chi connectivity index (χ2n) is 8.18. The minimum Gasteiger partial charge on any atom is -0.381 e. The predicted molar refractivity (Wildman–Crippen MR) is 118 cm³/mol. The summed E-state index contributed by atoms with van der Waals surface area (Å²) < 4.78 is 10.6. The molecule has 1 aromatic carbocycles. The van der Waals surface area contributed by atoms with Crippen molar-refractivity contribution in [2.75, 3.05) is 52.5 Å². The fraction of sp³-hybridized carbons (Fsp3) is 0.565. The Kier molecular flexibility index (Phi) is 7.02. The van der Waals surface area contributed by atoms with E-state index in [9.17, 15) is 0 Å². The molecular weight excluding hydrogens is 378 g/mol. The summed E-state index contributed by atoms with van der Waals surface area (Å²) in [6.07, 6.45) is 3.68. The third-order valence-electron chi connectivity index (χ3n) is 6.25. The van der Waals surface area contributed by atoms with Gasteiger partial charge in [-0.25, -0.2) is 0 Å². The zero-order valence-electron chi connectivity index (χ0n) is 17.9. The number of ether oxygens (including phenoxy) is 1. The normalized spacial score (nSPS) is 20.3. The van der Waals surface area contributed by atoms with Crippen LogP contribution in [0.15, 0.2) is 52.2 Å². The van der Waals surface area contributed by atoms with Crippen LogP contribution in [-0.4, -0.2) is 73.4 Å². The van der Waals surface area contributed by atoms with E-state index in [0.29, 0.717) is 0 Å². The van der Waals surface area contributed by atoms with Crippen molar-refractivity contribution in [2.24, 2.45) is 4.99 Å².